The van der Waals surface area contributed by atoms with Crippen LogP contribution in [0.4, 0.5) is 0 Å². The molecule has 1 aliphatic rings. The molecule has 1 atom stereocenters. The quantitative estimate of drug-likeness (QED) is 0.694. The van der Waals surface area contributed by atoms with Gasteiger partial charge in [0.25, 0.3) is 0 Å². The molecule has 0 bridgehead atoms. The molecule has 1 fully saturated rings. The van der Waals surface area contributed by atoms with Gasteiger partial charge >= 0.3 is 0 Å². The van der Waals surface area contributed by atoms with Crippen LogP contribution in [0.5, 0.6) is 0 Å². The number of aryl methyl sites for hydroxylation is 1. The van der Waals surface area contributed by atoms with Crippen LogP contribution < -0.4 is 5.32 Å². The molecule has 0 aromatic heterocycles. The molecule has 2 N–H and O–H groups in total. The van der Waals surface area contributed by atoms with E-state index in [9.17, 15) is 9.90 Å². The number of aliphatic hydroxyl groups excluding tert-OH is 1. The normalized spacial score (nSPS) is 17.8. The van der Waals surface area contributed by atoms with Gasteiger partial charge in [-0.1, -0.05) is 30.3 Å². The number of aliphatic hydroxyl groups is 1. The van der Waals surface area contributed by atoms with E-state index in [1.807, 2.05) is 25.1 Å². The standard InChI is InChI=1S/C18H29N3O2/c1-16(22)14-20-10-12-21(13-11-20)15-18(23)19-9-5-8-17-6-3-2-4-7-17/h2-4,6-7,16,22H,5,8-15H2,1H3,(H,19,23)/t16-/m1/s1. The molecule has 128 valence electrons. The number of hydrogen-bond donors (Lipinski definition) is 2. The SMILES string of the molecule is C[C@@H](O)CN1CCN(CC(=O)NCCCc2ccccc2)CC1. The summed E-state index contributed by atoms with van der Waals surface area (Å²) in [5, 5.41) is 12.4. The van der Waals surface area contributed by atoms with Gasteiger partial charge in [0, 0.05) is 39.3 Å². The van der Waals surface area contributed by atoms with Crippen molar-refractivity contribution in [1.29, 1.82) is 0 Å². The number of hydrogen-bond acceptors (Lipinski definition) is 4. The number of carbonyl (C=O) groups is 1. The van der Waals surface area contributed by atoms with E-state index >= 15 is 0 Å². The molecule has 2 rings (SSSR count). The van der Waals surface area contributed by atoms with Gasteiger partial charge in [-0.3, -0.25) is 14.6 Å². The largest absolute Gasteiger partial charge is 0.392 e. The maximum absolute atomic E-state index is 12.0. The Balaban J connectivity index is 1.55. The Morgan fingerprint density at radius 3 is 2.48 bits per heavy atom. The maximum Gasteiger partial charge on any atom is 0.234 e. The van der Waals surface area contributed by atoms with Crippen molar-refractivity contribution in [3.05, 3.63) is 35.9 Å². The highest BCUT2D eigenvalue weighted by Gasteiger charge is 2.19. The van der Waals surface area contributed by atoms with Gasteiger partial charge in [-0.05, 0) is 25.3 Å². The van der Waals surface area contributed by atoms with Gasteiger partial charge < -0.3 is 10.4 Å². The van der Waals surface area contributed by atoms with E-state index in [0.29, 0.717) is 6.54 Å². The molecule has 1 amide bonds. The number of amides is 1. The van der Waals surface area contributed by atoms with Crippen LogP contribution in [0.1, 0.15) is 18.9 Å². The van der Waals surface area contributed by atoms with Crippen LogP contribution in [0.15, 0.2) is 30.3 Å². The number of nitrogens with zero attached hydrogens (tertiary/aromatic N) is 2. The summed E-state index contributed by atoms with van der Waals surface area (Å²) in [6.07, 6.45) is 1.69. The lowest BCUT2D eigenvalue weighted by atomic mass is 10.1. The molecular weight excluding hydrogens is 290 g/mol. The molecule has 1 heterocycles. The van der Waals surface area contributed by atoms with Crippen molar-refractivity contribution < 1.29 is 9.90 Å². The average Bonchev–Trinajstić information content (AvgIpc) is 2.54. The van der Waals surface area contributed by atoms with Gasteiger partial charge in [-0.15, -0.1) is 0 Å². The van der Waals surface area contributed by atoms with Crippen LogP contribution in [0.3, 0.4) is 0 Å². The first-order valence-electron chi connectivity index (χ1n) is 8.57. The summed E-state index contributed by atoms with van der Waals surface area (Å²) < 4.78 is 0. The fourth-order valence-corrected chi connectivity index (χ4v) is 2.93. The van der Waals surface area contributed by atoms with Crippen LogP contribution in [0.2, 0.25) is 0 Å². The van der Waals surface area contributed by atoms with Crippen LogP contribution in [0, 0.1) is 0 Å². The minimum absolute atomic E-state index is 0.113. The van der Waals surface area contributed by atoms with Crippen molar-refractivity contribution in [2.45, 2.75) is 25.9 Å². The van der Waals surface area contributed by atoms with Gasteiger partial charge in [-0.2, -0.15) is 0 Å². The van der Waals surface area contributed by atoms with Crippen LogP contribution in [-0.4, -0.2) is 72.7 Å². The zero-order chi connectivity index (χ0) is 16.5. The van der Waals surface area contributed by atoms with E-state index in [-0.39, 0.29) is 12.0 Å². The van der Waals surface area contributed by atoms with E-state index in [0.717, 1.165) is 52.1 Å². The number of benzene rings is 1. The van der Waals surface area contributed by atoms with Crippen molar-refractivity contribution in [3.8, 4) is 0 Å². The lowest BCUT2D eigenvalue weighted by Crippen LogP contribution is -2.50. The summed E-state index contributed by atoms with van der Waals surface area (Å²) in [6.45, 7) is 7.38. The molecule has 5 nitrogen and oxygen atoms in total. The highest BCUT2D eigenvalue weighted by atomic mass is 16.3. The Morgan fingerprint density at radius 1 is 1.17 bits per heavy atom. The summed E-state index contributed by atoms with van der Waals surface area (Å²) in [5.74, 6) is 0.113. The van der Waals surface area contributed by atoms with Gasteiger partial charge in [0.05, 0.1) is 12.6 Å². The third-order valence-corrected chi connectivity index (χ3v) is 4.16. The molecule has 1 aromatic carbocycles. The van der Waals surface area contributed by atoms with Crippen molar-refractivity contribution in [2.75, 3.05) is 45.8 Å². The van der Waals surface area contributed by atoms with Crippen molar-refractivity contribution in [2.24, 2.45) is 0 Å². The summed E-state index contributed by atoms with van der Waals surface area (Å²) >= 11 is 0. The van der Waals surface area contributed by atoms with Crippen molar-refractivity contribution in [1.82, 2.24) is 15.1 Å². The van der Waals surface area contributed by atoms with E-state index in [2.05, 4.69) is 27.2 Å². The summed E-state index contributed by atoms with van der Waals surface area (Å²) in [7, 11) is 0. The molecule has 1 aliphatic heterocycles. The zero-order valence-electron chi connectivity index (χ0n) is 14.1. The van der Waals surface area contributed by atoms with Crippen LogP contribution in [-0.2, 0) is 11.2 Å². The zero-order valence-corrected chi connectivity index (χ0v) is 14.1. The predicted molar refractivity (Wildman–Crippen MR) is 92.3 cm³/mol. The molecule has 0 radical (unpaired) electrons. The van der Waals surface area contributed by atoms with Gasteiger partial charge in [0.2, 0.25) is 5.91 Å². The van der Waals surface area contributed by atoms with Gasteiger partial charge in [0.1, 0.15) is 0 Å². The van der Waals surface area contributed by atoms with Gasteiger partial charge in [0.15, 0.2) is 0 Å². The summed E-state index contributed by atoms with van der Waals surface area (Å²) in [6, 6.07) is 10.4. The highest BCUT2D eigenvalue weighted by molar-refractivity contribution is 5.77. The molecule has 1 saturated heterocycles. The second-order valence-electron chi connectivity index (χ2n) is 6.36. The molecule has 23 heavy (non-hydrogen) atoms. The van der Waals surface area contributed by atoms with E-state index < -0.39 is 0 Å². The number of β-amino-alcohol motifs (C(OH)–C–C–N with tert-alkyl or cyclic N) is 1. The Labute approximate surface area is 139 Å². The van der Waals surface area contributed by atoms with E-state index in [1.54, 1.807) is 0 Å². The Kier molecular flexibility index (Phi) is 7.52. The third kappa shape index (κ3) is 7.12. The first-order chi connectivity index (χ1) is 11.1. The molecule has 0 spiro atoms. The maximum atomic E-state index is 12.0. The number of nitrogens with one attached hydrogen (secondary N) is 1. The topological polar surface area (TPSA) is 55.8 Å². The van der Waals surface area contributed by atoms with Crippen LogP contribution >= 0.6 is 0 Å². The second-order valence-corrected chi connectivity index (χ2v) is 6.36. The highest BCUT2D eigenvalue weighted by Crippen LogP contribution is 2.03. The number of carbonyl (C=O) groups excluding carboxylic acids is 1. The summed E-state index contributed by atoms with van der Waals surface area (Å²) in [5.41, 5.74) is 1.32. The lowest BCUT2D eigenvalue weighted by molar-refractivity contribution is -0.122. The molecule has 0 saturated carbocycles. The molecule has 1 aromatic rings. The molecule has 0 unspecified atom stereocenters. The Morgan fingerprint density at radius 2 is 1.83 bits per heavy atom. The van der Waals surface area contributed by atoms with E-state index in [1.165, 1.54) is 5.56 Å². The fourth-order valence-electron chi connectivity index (χ4n) is 2.93. The Hall–Kier alpha value is -1.43. The van der Waals surface area contributed by atoms with Crippen molar-refractivity contribution in [3.63, 3.8) is 0 Å². The molecular formula is C18H29N3O2. The average molecular weight is 319 g/mol. The van der Waals surface area contributed by atoms with Crippen molar-refractivity contribution >= 4 is 5.91 Å². The fraction of sp³-hybridized carbons (Fsp3) is 0.611. The summed E-state index contributed by atoms with van der Waals surface area (Å²) in [4.78, 5) is 16.4. The van der Waals surface area contributed by atoms with E-state index in [4.69, 9.17) is 0 Å². The Bertz CT molecular complexity index is 457. The molecule has 0 aliphatic carbocycles. The molecule has 5 heteroatoms. The lowest BCUT2D eigenvalue weighted by Gasteiger charge is -2.34. The minimum atomic E-state index is -0.283. The first kappa shape index (κ1) is 17.9. The van der Waals surface area contributed by atoms with Crippen LogP contribution in [0.25, 0.3) is 0 Å². The monoisotopic (exact) mass is 319 g/mol. The number of piperazine rings is 1. The first-order valence-corrected chi connectivity index (χ1v) is 8.57. The minimum Gasteiger partial charge on any atom is -0.392 e. The smallest absolute Gasteiger partial charge is 0.234 e. The third-order valence-electron chi connectivity index (χ3n) is 4.16. The van der Waals surface area contributed by atoms with Gasteiger partial charge in [-0.25, -0.2) is 0 Å². The predicted octanol–water partition coefficient (Wildman–Crippen LogP) is 0.734. The number of rotatable bonds is 8. The second kappa shape index (κ2) is 9.65.